The number of ether oxygens (including phenoxy) is 2. The molecule has 4 N–H and O–H groups in total. The van der Waals surface area contributed by atoms with E-state index >= 15 is 0 Å². The summed E-state index contributed by atoms with van der Waals surface area (Å²) in [5.41, 5.74) is 6.67. The molecule has 0 saturated heterocycles. The number of hydrogen-bond acceptors (Lipinski definition) is 8. The third-order valence-electron chi connectivity index (χ3n) is 2.61. The molecule has 122 valence electrons. The third-order valence-corrected chi connectivity index (χ3v) is 2.61. The lowest BCUT2D eigenvalue weighted by Crippen LogP contribution is -1.99. The summed E-state index contributed by atoms with van der Waals surface area (Å²) in [5, 5.41) is 22.4. The van der Waals surface area contributed by atoms with Crippen LogP contribution >= 0.6 is 0 Å². The Morgan fingerprint density at radius 3 is 2.57 bits per heavy atom. The van der Waals surface area contributed by atoms with E-state index in [1.807, 2.05) is 13.8 Å². The number of nitrogens with one attached hydrogen (secondary N) is 1. The number of anilines is 1. The molecule has 10 nitrogen and oxygen atoms in total. The average molecular weight is 320 g/mol. The van der Waals surface area contributed by atoms with Crippen molar-refractivity contribution >= 4 is 23.3 Å². The summed E-state index contributed by atoms with van der Waals surface area (Å²) in [7, 11) is 0. The van der Waals surface area contributed by atoms with Gasteiger partial charge in [-0.05, 0) is 13.8 Å². The Kier molecular flexibility index (Phi) is 5.07. The fourth-order valence-corrected chi connectivity index (χ4v) is 1.69. The minimum absolute atomic E-state index is 0.0420. The van der Waals surface area contributed by atoms with Crippen LogP contribution in [0.4, 0.5) is 17.3 Å². The third kappa shape index (κ3) is 3.93. The SMILES string of the molecule is CCOc1cc(/N=N/c2nc(C(=O)O)n[nH]2)c(OCC)cc1N. The van der Waals surface area contributed by atoms with Crippen LogP contribution < -0.4 is 15.2 Å². The van der Waals surface area contributed by atoms with E-state index in [2.05, 4.69) is 25.4 Å². The van der Waals surface area contributed by atoms with Crippen molar-refractivity contribution < 1.29 is 19.4 Å². The van der Waals surface area contributed by atoms with Crippen LogP contribution in [-0.2, 0) is 0 Å². The number of carboxylic acid groups (broad SMARTS) is 1. The number of aromatic carboxylic acids is 1. The predicted octanol–water partition coefficient (Wildman–Crippen LogP) is 2.30. The lowest BCUT2D eigenvalue weighted by molar-refractivity contribution is 0.0684. The van der Waals surface area contributed by atoms with Gasteiger partial charge in [-0.2, -0.15) is 4.98 Å². The van der Waals surface area contributed by atoms with Crippen LogP contribution in [0.2, 0.25) is 0 Å². The van der Waals surface area contributed by atoms with Crippen molar-refractivity contribution in [3.8, 4) is 11.5 Å². The topological polar surface area (TPSA) is 148 Å². The van der Waals surface area contributed by atoms with E-state index in [0.717, 1.165) is 0 Å². The molecule has 1 heterocycles. The number of benzene rings is 1. The summed E-state index contributed by atoms with van der Waals surface area (Å²) in [6, 6.07) is 3.17. The van der Waals surface area contributed by atoms with E-state index in [1.165, 1.54) is 0 Å². The van der Waals surface area contributed by atoms with Crippen LogP contribution in [0, 0.1) is 0 Å². The Labute approximate surface area is 131 Å². The second-order valence-electron chi connectivity index (χ2n) is 4.21. The largest absolute Gasteiger partial charge is 0.492 e. The van der Waals surface area contributed by atoms with Crippen molar-refractivity contribution in [3.05, 3.63) is 18.0 Å². The van der Waals surface area contributed by atoms with Gasteiger partial charge in [0.25, 0.3) is 11.8 Å². The molecule has 0 fully saturated rings. The minimum atomic E-state index is -1.26. The lowest BCUT2D eigenvalue weighted by atomic mass is 10.2. The number of hydrogen-bond donors (Lipinski definition) is 3. The van der Waals surface area contributed by atoms with Crippen LogP contribution in [0.15, 0.2) is 22.4 Å². The highest BCUT2D eigenvalue weighted by Gasteiger charge is 2.12. The normalized spacial score (nSPS) is 10.9. The fourth-order valence-electron chi connectivity index (χ4n) is 1.69. The van der Waals surface area contributed by atoms with Crippen molar-refractivity contribution in [1.29, 1.82) is 0 Å². The maximum Gasteiger partial charge on any atom is 0.375 e. The average Bonchev–Trinajstić information content (AvgIpc) is 2.98. The van der Waals surface area contributed by atoms with Crippen molar-refractivity contribution in [1.82, 2.24) is 15.2 Å². The van der Waals surface area contributed by atoms with E-state index in [-0.39, 0.29) is 5.95 Å². The highest BCUT2D eigenvalue weighted by atomic mass is 16.5. The number of aromatic amines is 1. The summed E-state index contributed by atoms with van der Waals surface area (Å²) in [5.74, 6) is -0.816. The Bertz CT molecular complexity index is 727. The number of aromatic nitrogens is 3. The summed E-state index contributed by atoms with van der Waals surface area (Å²) < 4.78 is 10.9. The maximum atomic E-state index is 10.7. The summed E-state index contributed by atoms with van der Waals surface area (Å²) in [6.07, 6.45) is 0. The molecule has 1 aromatic heterocycles. The number of carboxylic acids is 1. The Morgan fingerprint density at radius 2 is 1.96 bits per heavy atom. The standard InChI is InChI=1S/C13H16N6O4/c1-3-22-9-6-8(10(23-4-2)5-7(9)14)16-18-13-15-11(12(20)21)17-19-13/h5-6H,3-4,14H2,1-2H3,(H,20,21)(H,15,17,19)/b18-16+. The quantitative estimate of drug-likeness (QED) is 0.523. The van der Waals surface area contributed by atoms with E-state index in [9.17, 15) is 4.79 Å². The number of nitrogens with zero attached hydrogens (tertiary/aromatic N) is 4. The number of H-pyrrole nitrogens is 1. The molecule has 10 heteroatoms. The fraction of sp³-hybridized carbons (Fsp3) is 0.308. The molecule has 0 atom stereocenters. The van der Waals surface area contributed by atoms with Crippen molar-refractivity contribution in [2.45, 2.75) is 13.8 Å². The summed E-state index contributed by atoms with van der Waals surface area (Å²) in [6.45, 7) is 4.52. The van der Waals surface area contributed by atoms with Gasteiger partial charge >= 0.3 is 5.97 Å². The molecule has 0 aliphatic rings. The van der Waals surface area contributed by atoms with Gasteiger partial charge in [-0.3, -0.25) is 0 Å². The Morgan fingerprint density at radius 1 is 1.26 bits per heavy atom. The van der Waals surface area contributed by atoms with Gasteiger partial charge < -0.3 is 20.3 Å². The van der Waals surface area contributed by atoms with E-state index in [4.69, 9.17) is 20.3 Å². The molecular weight excluding hydrogens is 304 g/mol. The lowest BCUT2D eigenvalue weighted by Gasteiger charge is -2.11. The highest BCUT2D eigenvalue weighted by molar-refractivity contribution is 5.83. The molecule has 1 aromatic carbocycles. The smallest absolute Gasteiger partial charge is 0.375 e. The van der Waals surface area contributed by atoms with Gasteiger partial charge in [-0.15, -0.1) is 15.3 Å². The minimum Gasteiger partial charge on any atom is -0.492 e. The molecule has 0 aliphatic heterocycles. The van der Waals surface area contributed by atoms with Gasteiger partial charge in [-0.25, -0.2) is 9.89 Å². The number of carbonyl (C=O) groups is 1. The first-order chi connectivity index (χ1) is 11.0. The van der Waals surface area contributed by atoms with Crippen LogP contribution in [0.5, 0.6) is 11.5 Å². The molecule has 0 amide bonds. The van der Waals surface area contributed by atoms with Crippen molar-refractivity contribution in [2.24, 2.45) is 10.2 Å². The van der Waals surface area contributed by atoms with Crippen LogP contribution in [0.1, 0.15) is 24.5 Å². The van der Waals surface area contributed by atoms with Crippen LogP contribution in [0.25, 0.3) is 0 Å². The first-order valence-corrected chi connectivity index (χ1v) is 6.81. The number of nitrogens with two attached hydrogens (primary N) is 1. The molecule has 0 radical (unpaired) electrons. The van der Waals surface area contributed by atoms with Gasteiger partial charge in [0, 0.05) is 12.1 Å². The van der Waals surface area contributed by atoms with Gasteiger partial charge in [0.2, 0.25) is 0 Å². The first kappa shape index (κ1) is 16.2. The van der Waals surface area contributed by atoms with Crippen LogP contribution in [0.3, 0.4) is 0 Å². The molecule has 0 aliphatic carbocycles. The molecule has 0 unspecified atom stereocenters. The zero-order valence-electron chi connectivity index (χ0n) is 12.6. The number of nitrogen functional groups attached to an aromatic ring is 1. The first-order valence-electron chi connectivity index (χ1n) is 6.81. The zero-order valence-corrected chi connectivity index (χ0v) is 12.6. The van der Waals surface area contributed by atoms with E-state index in [1.54, 1.807) is 12.1 Å². The zero-order chi connectivity index (χ0) is 16.8. The van der Waals surface area contributed by atoms with Gasteiger partial charge in [0.1, 0.15) is 17.2 Å². The number of rotatable bonds is 7. The second-order valence-corrected chi connectivity index (χ2v) is 4.21. The van der Waals surface area contributed by atoms with Gasteiger partial charge in [0.05, 0.1) is 18.9 Å². The molecule has 2 aromatic rings. The highest BCUT2D eigenvalue weighted by Crippen LogP contribution is 2.37. The van der Waals surface area contributed by atoms with E-state index < -0.39 is 11.8 Å². The second kappa shape index (κ2) is 7.20. The molecule has 23 heavy (non-hydrogen) atoms. The molecule has 0 bridgehead atoms. The van der Waals surface area contributed by atoms with Gasteiger partial charge in [0.15, 0.2) is 0 Å². The molecule has 0 saturated carbocycles. The van der Waals surface area contributed by atoms with Crippen molar-refractivity contribution in [3.63, 3.8) is 0 Å². The predicted molar refractivity (Wildman–Crippen MR) is 80.7 cm³/mol. The van der Waals surface area contributed by atoms with E-state index in [0.29, 0.717) is 36.1 Å². The molecular formula is C13H16N6O4. The molecule has 2 rings (SSSR count). The van der Waals surface area contributed by atoms with Gasteiger partial charge in [-0.1, -0.05) is 0 Å². The maximum absolute atomic E-state index is 10.7. The summed E-state index contributed by atoms with van der Waals surface area (Å²) in [4.78, 5) is 14.4. The Hall–Kier alpha value is -3.17. The monoisotopic (exact) mass is 320 g/mol. The summed E-state index contributed by atoms with van der Waals surface area (Å²) >= 11 is 0. The number of azo groups is 1. The Balaban J connectivity index is 2.33. The van der Waals surface area contributed by atoms with Crippen LogP contribution in [-0.4, -0.2) is 39.5 Å². The molecule has 0 spiro atoms. The van der Waals surface area contributed by atoms with Crippen molar-refractivity contribution in [2.75, 3.05) is 18.9 Å².